The third-order valence-corrected chi connectivity index (χ3v) is 4.12. The Labute approximate surface area is 157 Å². The molecular weight excluding hydrogens is 347 g/mol. The highest BCUT2D eigenvalue weighted by atomic mass is 19.1. The lowest BCUT2D eigenvalue weighted by molar-refractivity contribution is 0.383. The van der Waals surface area contributed by atoms with Crippen molar-refractivity contribution in [3.05, 3.63) is 59.4 Å². The van der Waals surface area contributed by atoms with Crippen molar-refractivity contribution in [2.24, 2.45) is 7.05 Å². The van der Waals surface area contributed by atoms with Gasteiger partial charge >= 0.3 is 0 Å². The number of aromatic nitrogens is 4. The van der Waals surface area contributed by atoms with Crippen LogP contribution < -0.4 is 15.4 Å². The fraction of sp³-hybridized carbons (Fsp3) is 0.316. The summed E-state index contributed by atoms with van der Waals surface area (Å²) in [6, 6.07) is 3.59. The van der Waals surface area contributed by atoms with E-state index < -0.39 is 0 Å². The van der Waals surface area contributed by atoms with E-state index in [1.807, 2.05) is 26.4 Å². The third kappa shape index (κ3) is 4.79. The third-order valence-electron chi connectivity index (χ3n) is 4.12. The molecule has 27 heavy (non-hydrogen) atoms. The molecule has 8 heteroatoms. The van der Waals surface area contributed by atoms with Gasteiger partial charge in [0.15, 0.2) is 11.6 Å². The average Bonchev–Trinajstić information content (AvgIpc) is 3.08. The van der Waals surface area contributed by atoms with Crippen LogP contribution >= 0.6 is 0 Å². The second kappa shape index (κ2) is 8.59. The van der Waals surface area contributed by atoms with Crippen LogP contribution in [0.2, 0.25) is 0 Å². The maximum absolute atomic E-state index is 14.5. The minimum absolute atomic E-state index is 0.269. The second-order valence-electron chi connectivity index (χ2n) is 6.24. The van der Waals surface area contributed by atoms with Crippen LogP contribution in [0.5, 0.6) is 5.75 Å². The van der Waals surface area contributed by atoms with E-state index in [0.29, 0.717) is 30.9 Å². The summed E-state index contributed by atoms with van der Waals surface area (Å²) >= 11 is 0. The van der Waals surface area contributed by atoms with Gasteiger partial charge in [0, 0.05) is 32.2 Å². The molecule has 0 saturated carbocycles. The molecule has 7 nitrogen and oxygen atoms in total. The van der Waals surface area contributed by atoms with Crippen molar-refractivity contribution in [1.29, 1.82) is 0 Å². The maximum atomic E-state index is 14.5. The molecule has 0 aliphatic rings. The Bertz CT molecular complexity index is 894. The SMILES string of the molecule is CNCc1cc(CCc2cnc(Nc3cnn(C)c3)nc2)c(F)c(OC)c1. The van der Waals surface area contributed by atoms with Crippen LogP contribution in [0.15, 0.2) is 36.9 Å². The topological polar surface area (TPSA) is 76.9 Å². The van der Waals surface area contributed by atoms with E-state index in [4.69, 9.17) is 4.74 Å². The molecule has 2 N–H and O–H groups in total. The molecule has 0 fully saturated rings. The first-order valence-corrected chi connectivity index (χ1v) is 8.65. The average molecular weight is 370 g/mol. The highest BCUT2D eigenvalue weighted by Crippen LogP contribution is 2.24. The molecule has 0 bridgehead atoms. The first-order valence-electron chi connectivity index (χ1n) is 8.65. The molecule has 2 heterocycles. The van der Waals surface area contributed by atoms with Gasteiger partial charge in [0.05, 0.1) is 19.0 Å². The van der Waals surface area contributed by atoms with Crippen LogP contribution in [-0.2, 0) is 26.4 Å². The first-order chi connectivity index (χ1) is 13.1. The van der Waals surface area contributed by atoms with Gasteiger partial charge in [-0.25, -0.2) is 14.4 Å². The summed E-state index contributed by atoms with van der Waals surface area (Å²) in [6.07, 6.45) is 8.21. The molecule has 0 aliphatic heterocycles. The van der Waals surface area contributed by atoms with Gasteiger partial charge in [-0.1, -0.05) is 6.07 Å². The van der Waals surface area contributed by atoms with Gasteiger partial charge in [-0.3, -0.25) is 4.68 Å². The normalized spacial score (nSPS) is 10.8. The Morgan fingerprint density at radius 2 is 1.89 bits per heavy atom. The van der Waals surface area contributed by atoms with Crippen LogP contribution in [0.25, 0.3) is 0 Å². The molecule has 0 spiro atoms. The van der Waals surface area contributed by atoms with Crippen molar-refractivity contribution >= 4 is 11.6 Å². The van der Waals surface area contributed by atoms with Crippen molar-refractivity contribution in [3.8, 4) is 5.75 Å². The molecule has 3 aromatic rings. The van der Waals surface area contributed by atoms with E-state index in [2.05, 4.69) is 25.7 Å². The van der Waals surface area contributed by atoms with Gasteiger partial charge in [0.2, 0.25) is 5.95 Å². The number of aryl methyl sites for hydroxylation is 3. The smallest absolute Gasteiger partial charge is 0.227 e. The van der Waals surface area contributed by atoms with Gasteiger partial charge in [-0.15, -0.1) is 0 Å². The number of nitrogens with one attached hydrogen (secondary N) is 2. The lowest BCUT2D eigenvalue weighted by Crippen LogP contribution is -2.07. The highest BCUT2D eigenvalue weighted by molar-refractivity contribution is 5.50. The summed E-state index contributed by atoms with van der Waals surface area (Å²) < 4.78 is 21.4. The molecule has 0 saturated heterocycles. The van der Waals surface area contributed by atoms with Gasteiger partial charge in [-0.05, 0) is 42.6 Å². The van der Waals surface area contributed by atoms with Crippen molar-refractivity contribution in [3.63, 3.8) is 0 Å². The molecule has 0 unspecified atom stereocenters. The van der Waals surface area contributed by atoms with Crippen LogP contribution in [0, 0.1) is 5.82 Å². The summed E-state index contributed by atoms with van der Waals surface area (Å²) in [5, 5.41) is 10.2. The van der Waals surface area contributed by atoms with Gasteiger partial charge in [-0.2, -0.15) is 5.10 Å². The Hall–Kier alpha value is -3.00. The molecule has 0 amide bonds. The summed E-state index contributed by atoms with van der Waals surface area (Å²) in [5.74, 6) is 0.453. The predicted octanol–water partition coefficient (Wildman–Crippen LogP) is 2.61. The summed E-state index contributed by atoms with van der Waals surface area (Å²) in [6.45, 7) is 0.654. The number of ether oxygens (including phenoxy) is 1. The number of nitrogens with zero attached hydrogens (tertiary/aromatic N) is 4. The zero-order valence-corrected chi connectivity index (χ0v) is 15.7. The minimum Gasteiger partial charge on any atom is -0.494 e. The lowest BCUT2D eigenvalue weighted by Gasteiger charge is -2.11. The summed E-state index contributed by atoms with van der Waals surface area (Å²) in [5.41, 5.74) is 3.36. The van der Waals surface area contributed by atoms with Crippen molar-refractivity contribution < 1.29 is 9.13 Å². The quantitative estimate of drug-likeness (QED) is 0.635. The zero-order chi connectivity index (χ0) is 19.2. The Balaban J connectivity index is 1.66. The minimum atomic E-state index is -0.312. The molecule has 2 aromatic heterocycles. The van der Waals surface area contributed by atoms with Gasteiger partial charge in [0.1, 0.15) is 0 Å². The molecule has 0 atom stereocenters. The summed E-state index contributed by atoms with van der Waals surface area (Å²) in [7, 11) is 5.18. The number of hydrogen-bond acceptors (Lipinski definition) is 6. The van der Waals surface area contributed by atoms with E-state index >= 15 is 0 Å². The van der Waals surface area contributed by atoms with Gasteiger partial charge < -0.3 is 15.4 Å². The molecule has 3 rings (SSSR count). The van der Waals surface area contributed by atoms with Crippen LogP contribution in [0.3, 0.4) is 0 Å². The fourth-order valence-electron chi connectivity index (χ4n) is 2.80. The van der Waals surface area contributed by atoms with Crippen molar-refractivity contribution in [1.82, 2.24) is 25.1 Å². The standard InChI is InChI=1S/C19H23FN6O/c1-21-8-14-6-15(18(20)17(7-14)27-3)5-4-13-9-22-19(23-10-13)25-16-11-24-26(2)12-16/h6-7,9-12,21H,4-5,8H2,1-3H3,(H,22,23,25). The highest BCUT2D eigenvalue weighted by Gasteiger charge is 2.12. The van der Waals surface area contributed by atoms with E-state index in [1.165, 1.54) is 7.11 Å². The van der Waals surface area contributed by atoms with Crippen molar-refractivity contribution in [2.45, 2.75) is 19.4 Å². The molecule has 0 radical (unpaired) electrons. The Kier molecular flexibility index (Phi) is 5.97. The predicted molar refractivity (Wildman–Crippen MR) is 102 cm³/mol. The van der Waals surface area contributed by atoms with Crippen molar-refractivity contribution in [2.75, 3.05) is 19.5 Å². The largest absolute Gasteiger partial charge is 0.494 e. The molecule has 0 aliphatic carbocycles. The van der Waals surface area contributed by atoms with Crippen LogP contribution in [-0.4, -0.2) is 33.9 Å². The second-order valence-corrected chi connectivity index (χ2v) is 6.24. The summed E-state index contributed by atoms with van der Waals surface area (Å²) in [4.78, 5) is 8.62. The number of methoxy groups -OCH3 is 1. The zero-order valence-electron chi connectivity index (χ0n) is 15.7. The van der Waals surface area contributed by atoms with E-state index in [-0.39, 0.29) is 11.6 Å². The number of rotatable bonds is 8. The Morgan fingerprint density at radius 3 is 2.52 bits per heavy atom. The van der Waals surface area contributed by atoms with Gasteiger partial charge in [0.25, 0.3) is 0 Å². The molecule has 1 aromatic carbocycles. The van der Waals surface area contributed by atoms with E-state index in [1.54, 1.807) is 29.3 Å². The maximum Gasteiger partial charge on any atom is 0.227 e. The van der Waals surface area contributed by atoms with Crippen LogP contribution in [0.4, 0.5) is 16.0 Å². The number of anilines is 2. The first kappa shape index (κ1) is 18.8. The monoisotopic (exact) mass is 370 g/mol. The number of halogens is 1. The fourth-order valence-corrected chi connectivity index (χ4v) is 2.80. The van der Waals surface area contributed by atoms with E-state index in [0.717, 1.165) is 16.8 Å². The van der Waals surface area contributed by atoms with E-state index in [9.17, 15) is 4.39 Å². The molecule has 142 valence electrons. The number of benzene rings is 1. The Morgan fingerprint density at radius 1 is 1.11 bits per heavy atom. The molecular formula is C19H23FN6O. The van der Waals surface area contributed by atoms with Crippen LogP contribution in [0.1, 0.15) is 16.7 Å². The lowest BCUT2D eigenvalue weighted by atomic mass is 10.0. The number of hydrogen-bond donors (Lipinski definition) is 2.